The molecule has 2 aliphatic heterocycles. The van der Waals surface area contributed by atoms with Gasteiger partial charge in [0.15, 0.2) is 0 Å². The molecule has 4 heteroatoms. The number of carbonyl (C=O) groups excluding carboxylic acids is 1. The molecular formula is C15H20N2O2. The molecule has 3 rings (SSSR count). The smallest absolute Gasteiger partial charge is 0.237 e. The van der Waals surface area contributed by atoms with Crippen LogP contribution in [0.2, 0.25) is 0 Å². The van der Waals surface area contributed by atoms with Crippen molar-refractivity contribution in [2.45, 2.75) is 38.0 Å². The molecule has 0 unspecified atom stereocenters. The van der Waals surface area contributed by atoms with Gasteiger partial charge in [-0.3, -0.25) is 4.79 Å². The summed E-state index contributed by atoms with van der Waals surface area (Å²) >= 11 is 0. The minimum atomic E-state index is -0.115. The highest BCUT2D eigenvalue weighted by atomic mass is 16.5. The van der Waals surface area contributed by atoms with Crippen LogP contribution in [-0.4, -0.2) is 31.2 Å². The molecule has 1 aromatic carbocycles. The van der Waals surface area contributed by atoms with E-state index in [2.05, 4.69) is 22.8 Å². The van der Waals surface area contributed by atoms with E-state index < -0.39 is 0 Å². The van der Waals surface area contributed by atoms with Crippen LogP contribution in [0.15, 0.2) is 24.3 Å². The zero-order valence-electron chi connectivity index (χ0n) is 11.0. The third-order valence-electron chi connectivity index (χ3n) is 3.93. The molecule has 2 N–H and O–H groups in total. The first kappa shape index (κ1) is 12.6. The van der Waals surface area contributed by atoms with Gasteiger partial charge in [0, 0.05) is 19.7 Å². The quantitative estimate of drug-likeness (QED) is 0.852. The van der Waals surface area contributed by atoms with Gasteiger partial charge < -0.3 is 15.4 Å². The summed E-state index contributed by atoms with van der Waals surface area (Å²) < 4.78 is 5.51. The number of rotatable bonds is 3. The molecule has 0 bridgehead atoms. The molecule has 0 saturated carbocycles. The summed E-state index contributed by atoms with van der Waals surface area (Å²) in [5, 5.41) is 6.30. The summed E-state index contributed by atoms with van der Waals surface area (Å²) in [4.78, 5) is 12.1. The minimum Gasteiger partial charge on any atom is -0.376 e. The fraction of sp³-hybridized carbons (Fsp3) is 0.533. The van der Waals surface area contributed by atoms with E-state index in [1.165, 1.54) is 11.1 Å². The SMILES string of the molecule is O=C(NC[C@H]1CCCO1)[C@H]1Cc2ccccc2CN1. The van der Waals surface area contributed by atoms with E-state index in [4.69, 9.17) is 4.74 Å². The van der Waals surface area contributed by atoms with E-state index in [-0.39, 0.29) is 18.1 Å². The molecule has 1 aromatic rings. The predicted octanol–water partition coefficient (Wildman–Crippen LogP) is 0.996. The van der Waals surface area contributed by atoms with Gasteiger partial charge in [0.1, 0.15) is 0 Å². The Labute approximate surface area is 113 Å². The summed E-state index contributed by atoms with van der Waals surface area (Å²) in [6.07, 6.45) is 3.14. The summed E-state index contributed by atoms with van der Waals surface area (Å²) in [5.41, 5.74) is 2.57. The molecule has 1 amide bonds. The standard InChI is InChI=1S/C15H20N2O2/c18-15(17-10-13-6-3-7-19-13)14-8-11-4-1-2-5-12(11)9-16-14/h1-2,4-5,13-14,16H,3,6-10H2,(H,17,18)/t13-,14-/m1/s1. The minimum absolute atomic E-state index is 0.0880. The maximum atomic E-state index is 12.1. The number of hydrogen-bond acceptors (Lipinski definition) is 3. The molecule has 19 heavy (non-hydrogen) atoms. The first-order valence-electron chi connectivity index (χ1n) is 7.02. The molecule has 2 heterocycles. The number of nitrogens with one attached hydrogen (secondary N) is 2. The number of ether oxygens (including phenoxy) is 1. The fourth-order valence-corrected chi connectivity index (χ4v) is 2.78. The van der Waals surface area contributed by atoms with Crippen LogP contribution in [0, 0.1) is 0 Å². The second-order valence-electron chi connectivity index (χ2n) is 5.29. The molecule has 2 atom stereocenters. The highest BCUT2D eigenvalue weighted by Crippen LogP contribution is 2.16. The van der Waals surface area contributed by atoms with Gasteiger partial charge in [-0.1, -0.05) is 24.3 Å². The predicted molar refractivity (Wildman–Crippen MR) is 72.8 cm³/mol. The lowest BCUT2D eigenvalue weighted by Crippen LogP contribution is -2.49. The van der Waals surface area contributed by atoms with Crippen LogP contribution in [0.25, 0.3) is 0 Å². The highest BCUT2D eigenvalue weighted by Gasteiger charge is 2.24. The van der Waals surface area contributed by atoms with Gasteiger partial charge in [0.05, 0.1) is 12.1 Å². The zero-order chi connectivity index (χ0) is 13.1. The Balaban J connectivity index is 1.54. The highest BCUT2D eigenvalue weighted by molar-refractivity contribution is 5.82. The molecule has 0 radical (unpaired) electrons. The van der Waals surface area contributed by atoms with E-state index >= 15 is 0 Å². The maximum Gasteiger partial charge on any atom is 0.237 e. The van der Waals surface area contributed by atoms with Crippen molar-refractivity contribution < 1.29 is 9.53 Å². The van der Waals surface area contributed by atoms with Gasteiger partial charge in [0.2, 0.25) is 5.91 Å². The van der Waals surface area contributed by atoms with Crippen molar-refractivity contribution in [2.75, 3.05) is 13.2 Å². The summed E-state index contributed by atoms with van der Waals surface area (Å²) in [6.45, 7) is 2.24. The van der Waals surface area contributed by atoms with Gasteiger partial charge in [-0.2, -0.15) is 0 Å². The van der Waals surface area contributed by atoms with Crippen molar-refractivity contribution in [2.24, 2.45) is 0 Å². The molecule has 0 aromatic heterocycles. The van der Waals surface area contributed by atoms with Crippen LogP contribution in [0.1, 0.15) is 24.0 Å². The van der Waals surface area contributed by atoms with Crippen LogP contribution in [0.5, 0.6) is 0 Å². The van der Waals surface area contributed by atoms with Crippen LogP contribution >= 0.6 is 0 Å². The lowest BCUT2D eigenvalue weighted by atomic mass is 9.95. The molecule has 1 fully saturated rings. The van der Waals surface area contributed by atoms with Crippen LogP contribution in [0.4, 0.5) is 0 Å². The Morgan fingerprint density at radius 3 is 3.00 bits per heavy atom. The van der Waals surface area contributed by atoms with Crippen molar-refractivity contribution in [1.29, 1.82) is 0 Å². The molecule has 2 aliphatic rings. The largest absolute Gasteiger partial charge is 0.376 e. The third-order valence-corrected chi connectivity index (χ3v) is 3.93. The van der Waals surface area contributed by atoms with Gasteiger partial charge >= 0.3 is 0 Å². The van der Waals surface area contributed by atoms with Crippen molar-refractivity contribution in [3.05, 3.63) is 35.4 Å². The Kier molecular flexibility index (Phi) is 3.80. The van der Waals surface area contributed by atoms with E-state index in [0.717, 1.165) is 32.4 Å². The van der Waals surface area contributed by atoms with Gasteiger partial charge in [-0.25, -0.2) is 0 Å². The van der Waals surface area contributed by atoms with E-state index in [1.54, 1.807) is 0 Å². The van der Waals surface area contributed by atoms with Crippen molar-refractivity contribution in [1.82, 2.24) is 10.6 Å². The van der Waals surface area contributed by atoms with E-state index in [1.807, 2.05) is 12.1 Å². The van der Waals surface area contributed by atoms with Crippen LogP contribution < -0.4 is 10.6 Å². The second kappa shape index (κ2) is 5.72. The lowest BCUT2D eigenvalue weighted by molar-refractivity contribution is -0.123. The van der Waals surface area contributed by atoms with Gasteiger partial charge in [0.25, 0.3) is 0 Å². The molecule has 0 spiro atoms. The van der Waals surface area contributed by atoms with Crippen LogP contribution in [-0.2, 0) is 22.5 Å². The average molecular weight is 260 g/mol. The molecule has 1 saturated heterocycles. The van der Waals surface area contributed by atoms with E-state index in [0.29, 0.717) is 6.54 Å². The molecule has 0 aliphatic carbocycles. The van der Waals surface area contributed by atoms with Crippen molar-refractivity contribution in [3.8, 4) is 0 Å². The Morgan fingerprint density at radius 1 is 1.37 bits per heavy atom. The van der Waals surface area contributed by atoms with E-state index in [9.17, 15) is 4.79 Å². The summed E-state index contributed by atoms with van der Waals surface area (Å²) in [7, 11) is 0. The number of benzene rings is 1. The maximum absolute atomic E-state index is 12.1. The third kappa shape index (κ3) is 2.96. The summed E-state index contributed by atoms with van der Waals surface area (Å²) in [6, 6.07) is 8.18. The Morgan fingerprint density at radius 2 is 2.21 bits per heavy atom. The second-order valence-corrected chi connectivity index (χ2v) is 5.29. The monoisotopic (exact) mass is 260 g/mol. The number of fused-ring (bicyclic) bond motifs is 1. The normalized spacial score (nSPS) is 25.9. The Hall–Kier alpha value is -1.39. The lowest BCUT2D eigenvalue weighted by Gasteiger charge is -2.25. The number of hydrogen-bond donors (Lipinski definition) is 2. The number of carbonyl (C=O) groups is 1. The topological polar surface area (TPSA) is 50.4 Å². The first-order chi connectivity index (χ1) is 9.33. The van der Waals surface area contributed by atoms with Crippen molar-refractivity contribution in [3.63, 3.8) is 0 Å². The number of amides is 1. The molecule has 102 valence electrons. The Bertz CT molecular complexity index is 455. The van der Waals surface area contributed by atoms with Crippen molar-refractivity contribution >= 4 is 5.91 Å². The van der Waals surface area contributed by atoms with Crippen LogP contribution in [0.3, 0.4) is 0 Å². The first-order valence-corrected chi connectivity index (χ1v) is 7.02. The van der Waals surface area contributed by atoms with Gasteiger partial charge in [-0.05, 0) is 30.4 Å². The van der Waals surface area contributed by atoms with Gasteiger partial charge in [-0.15, -0.1) is 0 Å². The molecular weight excluding hydrogens is 240 g/mol. The molecule has 4 nitrogen and oxygen atoms in total. The fourth-order valence-electron chi connectivity index (χ4n) is 2.78. The average Bonchev–Trinajstić information content (AvgIpc) is 2.97. The zero-order valence-corrected chi connectivity index (χ0v) is 11.0. The summed E-state index contributed by atoms with van der Waals surface area (Å²) in [5.74, 6) is 0.0880.